The summed E-state index contributed by atoms with van der Waals surface area (Å²) in [5, 5.41) is 0. The topological polar surface area (TPSA) is 52.6 Å². The second-order valence-corrected chi connectivity index (χ2v) is 1.84. The monoisotopic (exact) mass is 235 g/mol. The second-order valence-electron chi connectivity index (χ2n) is 1.84. The van der Waals surface area contributed by atoms with Crippen LogP contribution in [-0.4, -0.2) is 25.2 Å². The van der Waals surface area contributed by atoms with Crippen LogP contribution in [-0.2, 0) is 36.1 Å². The van der Waals surface area contributed by atoms with Crippen LogP contribution < -0.4 is 0 Å². The van der Waals surface area contributed by atoms with Gasteiger partial charge in [-0.05, 0) is 13.8 Å². The minimum atomic E-state index is -0.537. The molecule has 0 saturated heterocycles. The van der Waals surface area contributed by atoms with Gasteiger partial charge in [0, 0.05) is 29.2 Å². The van der Waals surface area contributed by atoms with Crippen LogP contribution in [0.15, 0.2) is 12.2 Å². The Morgan fingerprint density at radius 3 is 1.54 bits per heavy atom. The number of carbonyl (C=O) groups is 2. The summed E-state index contributed by atoms with van der Waals surface area (Å²) in [5.74, 6) is -1.07. The third-order valence-electron chi connectivity index (χ3n) is 0.929. The summed E-state index contributed by atoms with van der Waals surface area (Å²) in [6.07, 6.45) is 2.09. The van der Waals surface area contributed by atoms with Crippen molar-refractivity contribution in [1.82, 2.24) is 0 Å². The van der Waals surface area contributed by atoms with Gasteiger partial charge in [-0.15, -0.1) is 0 Å². The minimum absolute atomic E-state index is 0. The average Bonchev–Trinajstić information content (AvgIpc) is 2.02. The van der Waals surface area contributed by atoms with Gasteiger partial charge in [-0.2, -0.15) is 0 Å². The first kappa shape index (κ1) is 14.7. The van der Waals surface area contributed by atoms with E-state index < -0.39 is 11.9 Å². The number of ether oxygens (including phenoxy) is 2. The van der Waals surface area contributed by atoms with Gasteiger partial charge >= 0.3 is 11.9 Å². The number of rotatable bonds is 4. The maximum absolute atomic E-state index is 10.6. The van der Waals surface area contributed by atoms with Gasteiger partial charge in [-0.25, -0.2) is 9.59 Å². The zero-order chi connectivity index (χ0) is 9.40. The Morgan fingerprint density at radius 2 is 1.31 bits per heavy atom. The van der Waals surface area contributed by atoms with Crippen molar-refractivity contribution >= 4 is 11.9 Å². The van der Waals surface area contributed by atoms with Crippen molar-refractivity contribution in [2.45, 2.75) is 13.8 Å². The van der Waals surface area contributed by atoms with E-state index in [-0.39, 0.29) is 17.1 Å². The average molecular weight is 236 g/mol. The van der Waals surface area contributed by atoms with Crippen LogP contribution in [0.1, 0.15) is 13.8 Å². The zero-order valence-electron chi connectivity index (χ0n) is 7.50. The van der Waals surface area contributed by atoms with Crippen LogP contribution in [0.2, 0.25) is 0 Å². The van der Waals surface area contributed by atoms with E-state index in [0.29, 0.717) is 13.2 Å². The largest absolute Gasteiger partial charge is 0.463 e. The maximum atomic E-state index is 10.6. The minimum Gasteiger partial charge on any atom is -0.463 e. The van der Waals surface area contributed by atoms with E-state index in [0.717, 1.165) is 12.2 Å². The van der Waals surface area contributed by atoms with Crippen molar-refractivity contribution < 1.29 is 36.1 Å². The van der Waals surface area contributed by atoms with Crippen molar-refractivity contribution in [3.8, 4) is 0 Å². The van der Waals surface area contributed by atoms with Crippen LogP contribution in [0, 0.1) is 0 Å². The summed E-state index contributed by atoms with van der Waals surface area (Å²) < 4.78 is 9.07. The van der Waals surface area contributed by atoms with Gasteiger partial charge < -0.3 is 9.47 Å². The van der Waals surface area contributed by atoms with Crippen molar-refractivity contribution in [1.29, 1.82) is 0 Å². The molecule has 13 heavy (non-hydrogen) atoms. The van der Waals surface area contributed by atoms with Crippen LogP contribution in [0.5, 0.6) is 0 Å². The molecule has 4 nitrogen and oxygen atoms in total. The molecule has 0 unspecified atom stereocenters. The smallest absolute Gasteiger partial charge is 0.330 e. The van der Waals surface area contributed by atoms with E-state index in [2.05, 4.69) is 9.47 Å². The summed E-state index contributed by atoms with van der Waals surface area (Å²) in [4.78, 5) is 21.3. The first-order valence-corrected chi connectivity index (χ1v) is 3.72. The summed E-state index contributed by atoms with van der Waals surface area (Å²) in [6.45, 7) is 3.98. The first-order chi connectivity index (χ1) is 5.70. The molecule has 1 radical (unpaired) electrons. The molecule has 79 valence electrons. The van der Waals surface area contributed by atoms with E-state index >= 15 is 0 Å². The van der Waals surface area contributed by atoms with Crippen molar-refractivity contribution in [2.75, 3.05) is 13.2 Å². The second kappa shape index (κ2) is 9.29. The molecule has 0 aliphatic carbocycles. The summed E-state index contributed by atoms with van der Waals surface area (Å²) in [7, 11) is 0. The van der Waals surface area contributed by atoms with Gasteiger partial charge in [-0.1, -0.05) is 0 Å². The number of hydrogen-bond acceptors (Lipinski definition) is 4. The van der Waals surface area contributed by atoms with E-state index in [1.807, 2.05) is 0 Å². The Morgan fingerprint density at radius 1 is 1.00 bits per heavy atom. The Hall–Kier alpha value is -0.801. The third-order valence-corrected chi connectivity index (χ3v) is 0.929. The number of hydrogen-bond donors (Lipinski definition) is 0. The fourth-order valence-electron chi connectivity index (χ4n) is 0.517. The molecule has 0 aliphatic rings. The van der Waals surface area contributed by atoms with E-state index in [1.54, 1.807) is 13.8 Å². The predicted molar refractivity (Wildman–Crippen MR) is 42.4 cm³/mol. The van der Waals surface area contributed by atoms with Gasteiger partial charge in [0.15, 0.2) is 0 Å². The molecular weight excluding hydrogens is 224 g/mol. The normalized spacial score (nSPS) is 9.08. The molecule has 0 N–H and O–H groups in total. The molecule has 5 heteroatoms. The molecule has 0 saturated carbocycles. The molecule has 0 amide bonds. The Labute approximate surface area is 87.7 Å². The molecule has 0 atom stereocenters. The van der Waals surface area contributed by atoms with Gasteiger partial charge in [-0.3, -0.25) is 0 Å². The SMILES string of the molecule is CCOC(=O)/C=C/C(=O)OCC.[Cu]. The van der Waals surface area contributed by atoms with E-state index in [9.17, 15) is 9.59 Å². The molecule has 0 aromatic rings. The van der Waals surface area contributed by atoms with Crippen LogP contribution in [0.25, 0.3) is 0 Å². The fourth-order valence-corrected chi connectivity index (χ4v) is 0.517. The standard InChI is InChI=1S/C8H12O4.Cu/c1-3-11-7(9)5-6-8(10)12-4-2;/h5-6H,3-4H2,1-2H3;/b6-5+;. The predicted octanol–water partition coefficient (Wildman–Crippen LogP) is 0.666. The maximum Gasteiger partial charge on any atom is 0.330 e. The Balaban J connectivity index is 0. The third kappa shape index (κ3) is 9.11. The van der Waals surface area contributed by atoms with Crippen LogP contribution in [0.3, 0.4) is 0 Å². The van der Waals surface area contributed by atoms with Gasteiger partial charge in [0.05, 0.1) is 13.2 Å². The van der Waals surface area contributed by atoms with Crippen molar-refractivity contribution in [2.24, 2.45) is 0 Å². The molecule has 0 bridgehead atoms. The van der Waals surface area contributed by atoms with Crippen molar-refractivity contribution in [3.63, 3.8) is 0 Å². The number of carbonyl (C=O) groups excluding carboxylic acids is 2. The van der Waals surface area contributed by atoms with Crippen molar-refractivity contribution in [3.05, 3.63) is 12.2 Å². The van der Waals surface area contributed by atoms with Crippen LogP contribution in [0.4, 0.5) is 0 Å². The van der Waals surface area contributed by atoms with Crippen LogP contribution >= 0.6 is 0 Å². The summed E-state index contributed by atoms with van der Waals surface area (Å²) in [5.41, 5.74) is 0. The molecule has 0 heterocycles. The quantitative estimate of drug-likeness (QED) is 0.408. The molecule has 0 aliphatic heterocycles. The zero-order valence-corrected chi connectivity index (χ0v) is 8.45. The molecule has 0 spiro atoms. The molecular formula is C8H12CuO4. The summed E-state index contributed by atoms with van der Waals surface area (Å²) in [6, 6.07) is 0. The van der Waals surface area contributed by atoms with Gasteiger partial charge in [0.25, 0.3) is 0 Å². The molecule has 0 aromatic carbocycles. The fraction of sp³-hybridized carbons (Fsp3) is 0.500. The summed E-state index contributed by atoms with van der Waals surface area (Å²) >= 11 is 0. The molecule has 0 rings (SSSR count). The Bertz CT molecular complexity index is 169. The van der Waals surface area contributed by atoms with E-state index in [4.69, 9.17) is 0 Å². The van der Waals surface area contributed by atoms with E-state index in [1.165, 1.54) is 0 Å². The van der Waals surface area contributed by atoms with Gasteiger partial charge in [0.2, 0.25) is 0 Å². The Kier molecular flexibility index (Phi) is 10.5. The van der Waals surface area contributed by atoms with Gasteiger partial charge in [0.1, 0.15) is 0 Å². The number of esters is 2. The molecule has 0 aromatic heterocycles. The molecule has 0 fully saturated rings. The first-order valence-electron chi connectivity index (χ1n) is 3.72.